The topological polar surface area (TPSA) is 22.8 Å². The van der Waals surface area contributed by atoms with Crippen LogP contribution in [-0.4, -0.2) is 14.1 Å². The molecule has 0 saturated carbocycles. The number of pyridine rings is 1. The molecule has 1 aromatic carbocycles. The fourth-order valence-electron chi connectivity index (χ4n) is 2.76. The van der Waals surface area contributed by atoms with Gasteiger partial charge in [-0.25, -0.2) is 0 Å². The van der Waals surface area contributed by atoms with E-state index in [1.165, 1.54) is 27.6 Å². The second-order valence-electron chi connectivity index (χ2n) is 4.71. The number of hydrogen-bond acceptors (Lipinski definition) is 1. The monoisotopic (exact) mass is 247 g/mol. The van der Waals surface area contributed by atoms with Crippen molar-refractivity contribution in [3.63, 3.8) is 0 Å². The molecule has 3 aromatic heterocycles. The molecular formula is C16H13N3. The quantitative estimate of drug-likeness (QED) is 0.504. The largest absolute Gasteiger partial charge is 0.342 e. The van der Waals surface area contributed by atoms with Crippen molar-refractivity contribution in [2.45, 2.75) is 0 Å². The van der Waals surface area contributed by atoms with Gasteiger partial charge in [-0.3, -0.25) is 4.98 Å². The summed E-state index contributed by atoms with van der Waals surface area (Å²) in [6, 6.07) is 14.6. The van der Waals surface area contributed by atoms with Gasteiger partial charge >= 0.3 is 0 Å². The molecule has 4 aromatic rings. The summed E-state index contributed by atoms with van der Waals surface area (Å²) in [5.41, 5.74) is 4.84. The lowest BCUT2D eigenvalue weighted by Gasteiger charge is -2.03. The SMILES string of the molecule is Cn1c2ccncc2c2c1ccn2-c1ccccc1. The highest BCUT2D eigenvalue weighted by molar-refractivity contribution is 6.06. The Bertz CT molecular complexity index is 869. The number of hydrogen-bond donors (Lipinski definition) is 0. The Kier molecular flexibility index (Phi) is 2.03. The normalized spacial score (nSPS) is 11.4. The zero-order valence-electron chi connectivity index (χ0n) is 10.6. The second kappa shape index (κ2) is 3.72. The third-order valence-electron chi connectivity index (χ3n) is 3.68. The molecule has 0 N–H and O–H groups in total. The molecule has 19 heavy (non-hydrogen) atoms. The van der Waals surface area contributed by atoms with E-state index in [-0.39, 0.29) is 0 Å². The number of benzene rings is 1. The summed E-state index contributed by atoms with van der Waals surface area (Å²) >= 11 is 0. The highest BCUT2D eigenvalue weighted by Gasteiger charge is 2.12. The first-order chi connectivity index (χ1) is 9.36. The number of para-hydroxylation sites is 1. The van der Waals surface area contributed by atoms with E-state index in [9.17, 15) is 0 Å². The smallest absolute Gasteiger partial charge is 0.0804 e. The van der Waals surface area contributed by atoms with Crippen LogP contribution in [0.2, 0.25) is 0 Å². The van der Waals surface area contributed by atoms with Crippen molar-refractivity contribution >= 4 is 21.9 Å². The molecule has 0 fully saturated rings. The molecule has 0 aliphatic carbocycles. The molecule has 92 valence electrons. The summed E-state index contributed by atoms with van der Waals surface area (Å²) in [6.07, 6.45) is 5.90. The van der Waals surface area contributed by atoms with Crippen LogP contribution in [0.4, 0.5) is 0 Å². The van der Waals surface area contributed by atoms with Crippen molar-refractivity contribution in [3.8, 4) is 5.69 Å². The molecule has 0 aliphatic rings. The van der Waals surface area contributed by atoms with Crippen molar-refractivity contribution in [3.05, 3.63) is 61.1 Å². The van der Waals surface area contributed by atoms with Gasteiger partial charge in [0.05, 0.1) is 16.6 Å². The van der Waals surface area contributed by atoms with Crippen LogP contribution in [0.15, 0.2) is 61.1 Å². The Hall–Kier alpha value is -2.55. The van der Waals surface area contributed by atoms with Crippen LogP contribution >= 0.6 is 0 Å². The standard InChI is InChI=1S/C16H13N3/c1-18-14-7-9-17-11-13(14)16-15(18)8-10-19(16)12-5-3-2-4-6-12/h2-11H,1H3. The third kappa shape index (κ3) is 1.35. The molecular weight excluding hydrogens is 234 g/mol. The maximum Gasteiger partial charge on any atom is 0.0804 e. The van der Waals surface area contributed by atoms with Crippen LogP contribution in [-0.2, 0) is 7.05 Å². The first-order valence-electron chi connectivity index (χ1n) is 6.31. The molecule has 3 heteroatoms. The van der Waals surface area contributed by atoms with E-state index < -0.39 is 0 Å². The minimum atomic E-state index is 1.17. The minimum absolute atomic E-state index is 1.17. The maximum absolute atomic E-state index is 4.26. The van der Waals surface area contributed by atoms with Crippen LogP contribution in [0.5, 0.6) is 0 Å². The number of aromatic nitrogens is 3. The van der Waals surface area contributed by atoms with Gasteiger partial charge in [-0.15, -0.1) is 0 Å². The molecule has 0 aliphatic heterocycles. The molecule has 0 radical (unpaired) electrons. The minimum Gasteiger partial charge on any atom is -0.342 e. The van der Waals surface area contributed by atoms with Crippen LogP contribution in [0, 0.1) is 0 Å². The third-order valence-corrected chi connectivity index (χ3v) is 3.68. The highest BCUT2D eigenvalue weighted by atomic mass is 15.0. The van der Waals surface area contributed by atoms with E-state index in [4.69, 9.17) is 0 Å². The van der Waals surface area contributed by atoms with Gasteiger partial charge < -0.3 is 9.13 Å². The predicted molar refractivity (Wildman–Crippen MR) is 77.5 cm³/mol. The Balaban J connectivity index is 2.17. The molecule has 0 spiro atoms. The Morgan fingerprint density at radius 2 is 1.79 bits per heavy atom. The maximum atomic E-state index is 4.26. The van der Waals surface area contributed by atoms with E-state index >= 15 is 0 Å². The first kappa shape index (κ1) is 10.4. The van der Waals surface area contributed by atoms with Gasteiger partial charge in [-0.2, -0.15) is 0 Å². The zero-order valence-corrected chi connectivity index (χ0v) is 10.6. The van der Waals surface area contributed by atoms with Gasteiger partial charge in [0, 0.05) is 36.7 Å². The van der Waals surface area contributed by atoms with Gasteiger partial charge in [0.25, 0.3) is 0 Å². The van der Waals surface area contributed by atoms with Crippen LogP contribution in [0.25, 0.3) is 27.6 Å². The lowest BCUT2D eigenvalue weighted by molar-refractivity contribution is 1.01. The van der Waals surface area contributed by atoms with E-state index in [0.717, 1.165) is 0 Å². The Morgan fingerprint density at radius 3 is 2.63 bits per heavy atom. The summed E-state index contributed by atoms with van der Waals surface area (Å²) in [6.45, 7) is 0. The van der Waals surface area contributed by atoms with Crippen molar-refractivity contribution in [2.75, 3.05) is 0 Å². The van der Waals surface area contributed by atoms with Crippen molar-refractivity contribution in [2.24, 2.45) is 7.05 Å². The number of aryl methyl sites for hydroxylation is 1. The lowest BCUT2D eigenvalue weighted by atomic mass is 10.3. The molecule has 3 nitrogen and oxygen atoms in total. The average Bonchev–Trinajstić information content (AvgIpc) is 3.02. The molecule has 0 bridgehead atoms. The second-order valence-corrected chi connectivity index (χ2v) is 4.71. The molecule has 3 heterocycles. The van der Waals surface area contributed by atoms with Crippen molar-refractivity contribution in [1.29, 1.82) is 0 Å². The number of fused-ring (bicyclic) bond motifs is 3. The summed E-state index contributed by atoms with van der Waals surface area (Å²) in [5, 5.41) is 1.19. The van der Waals surface area contributed by atoms with Gasteiger partial charge in [0.2, 0.25) is 0 Å². The van der Waals surface area contributed by atoms with E-state index in [1.54, 1.807) is 0 Å². The summed E-state index contributed by atoms with van der Waals surface area (Å²) < 4.78 is 4.44. The van der Waals surface area contributed by atoms with E-state index in [0.29, 0.717) is 0 Å². The molecule has 0 unspecified atom stereocenters. The number of nitrogens with zero attached hydrogens (tertiary/aromatic N) is 3. The van der Waals surface area contributed by atoms with Crippen LogP contribution in [0.3, 0.4) is 0 Å². The summed E-state index contributed by atoms with van der Waals surface area (Å²) in [4.78, 5) is 4.26. The Labute approximate surface area is 110 Å². The molecule has 0 atom stereocenters. The van der Waals surface area contributed by atoms with Gasteiger partial charge in [0.1, 0.15) is 0 Å². The van der Waals surface area contributed by atoms with Crippen LogP contribution in [0.1, 0.15) is 0 Å². The van der Waals surface area contributed by atoms with E-state index in [2.05, 4.69) is 63.8 Å². The van der Waals surface area contributed by atoms with Crippen LogP contribution < -0.4 is 0 Å². The fourth-order valence-corrected chi connectivity index (χ4v) is 2.76. The van der Waals surface area contributed by atoms with Gasteiger partial charge in [-0.1, -0.05) is 18.2 Å². The van der Waals surface area contributed by atoms with Gasteiger partial charge in [0.15, 0.2) is 0 Å². The van der Waals surface area contributed by atoms with Crippen molar-refractivity contribution in [1.82, 2.24) is 14.1 Å². The molecule has 0 amide bonds. The predicted octanol–water partition coefficient (Wildman–Crippen LogP) is 3.52. The van der Waals surface area contributed by atoms with Gasteiger partial charge in [-0.05, 0) is 24.3 Å². The summed E-state index contributed by atoms with van der Waals surface area (Å²) in [5.74, 6) is 0. The van der Waals surface area contributed by atoms with Crippen molar-refractivity contribution < 1.29 is 0 Å². The highest BCUT2D eigenvalue weighted by Crippen LogP contribution is 2.30. The fraction of sp³-hybridized carbons (Fsp3) is 0.0625. The first-order valence-corrected chi connectivity index (χ1v) is 6.31. The zero-order chi connectivity index (χ0) is 12.8. The summed E-state index contributed by atoms with van der Waals surface area (Å²) in [7, 11) is 2.10. The molecule has 0 saturated heterocycles. The number of rotatable bonds is 1. The molecule has 4 rings (SSSR count). The Morgan fingerprint density at radius 1 is 0.947 bits per heavy atom. The van der Waals surface area contributed by atoms with E-state index in [1.807, 2.05) is 18.5 Å². The lowest BCUT2D eigenvalue weighted by Crippen LogP contribution is -1.90. The average molecular weight is 247 g/mol.